The monoisotopic (exact) mass is 328 g/mol. The lowest BCUT2D eigenvalue weighted by Crippen LogP contribution is -2.00. The molecule has 1 heterocycles. The number of anilines is 2. The Morgan fingerprint density at radius 2 is 2.04 bits per heavy atom. The Hall–Kier alpha value is -2.73. The van der Waals surface area contributed by atoms with Gasteiger partial charge in [0.1, 0.15) is 5.82 Å². The average Bonchev–Trinajstić information content (AvgIpc) is 3.05. The topological polar surface area (TPSA) is 51.2 Å². The van der Waals surface area contributed by atoms with Gasteiger partial charge < -0.3 is 10.1 Å². The van der Waals surface area contributed by atoms with Crippen molar-refractivity contribution in [2.24, 2.45) is 0 Å². The maximum atomic E-state index is 13.6. The van der Waals surface area contributed by atoms with Crippen molar-refractivity contribution in [2.45, 2.75) is 0 Å². The van der Waals surface area contributed by atoms with Crippen molar-refractivity contribution in [1.29, 1.82) is 0 Å². The van der Waals surface area contributed by atoms with E-state index in [1.807, 2.05) is 11.4 Å². The SMILES string of the molecule is COC(=O)c1cccc(-c2csc(Nc3ccccc3F)n2)c1. The third kappa shape index (κ3) is 3.37. The molecule has 0 saturated carbocycles. The number of thiazole rings is 1. The van der Waals surface area contributed by atoms with Crippen LogP contribution in [-0.2, 0) is 4.74 Å². The summed E-state index contributed by atoms with van der Waals surface area (Å²) in [6.45, 7) is 0. The Bertz CT molecular complexity index is 848. The van der Waals surface area contributed by atoms with Crippen LogP contribution in [0.4, 0.5) is 15.2 Å². The minimum Gasteiger partial charge on any atom is -0.465 e. The minimum atomic E-state index is -0.396. The molecule has 0 amide bonds. The van der Waals surface area contributed by atoms with E-state index >= 15 is 0 Å². The number of aromatic nitrogens is 1. The van der Waals surface area contributed by atoms with E-state index in [1.54, 1.807) is 36.4 Å². The van der Waals surface area contributed by atoms with Gasteiger partial charge in [0.25, 0.3) is 0 Å². The number of carbonyl (C=O) groups is 1. The highest BCUT2D eigenvalue weighted by Crippen LogP contribution is 2.28. The van der Waals surface area contributed by atoms with E-state index in [1.165, 1.54) is 24.5 Å². The van der Waals surface area contributed by atoms with Gasteiger partial charge in [0.05, 0.1) is 24.1 Å². The molecule has 0 fully saturated rings. The van der Waals surface area contributed by atoms with Crippen molar-refractivity contribution in [1.82, 2.24) is 4.98 Å². The van der Waals surface area contributed by atoms with E-state index < -0.39 is 5.97 Å². The molecule has 0 aliphatic carbocycles. The zero-order chi connectivity index (χ0) is 16.2. The molecule has 0 radical (unpaired) electrons. The van der Waals surface area contributed by atoms with Gasteiger partial charge in [-0.2, -0.15) is 0 Å². The third-order valence-electron chi connectivity index (χ3n) is 3.20. The highest BCUT2D eigenvalue weighted by atomic mass is 32.1. The Labute approximate surface area is 136 Å². The second kappa shape index (κ2) is 6.58. The fourth-order valence-electron chi connectivity index (χ4n) is 2.06. The van der Waals surface area contributed by atoms with Crippen LogP contribution in [0.5, 0.6) is 0 Å². The molecule has 116 valence electrons. The van der Waals surface area contributed by atoms with Crippen molar-refractivity contribution < 1.29 is 13.9 Å². The normalized spacial score (nSPS) is 10.3. The Kier molecular flexibility index (Phi) is 4.34. The third-order valence-corrected chi connectivity index (χ3v) is 3.96. The maximum absolute atomic E-state index is 13.6. The molecule has 3 rings (SSSR count). The van der Waals surface area contributed by atoms with E-state index in [-0.39, 0.29) is 5.82 Å². The summed E-state index contributed by atoms with van der Waals surface area (Å²) in [6, 6.07) is 13.4. The van der Waals surface area contributed by atoms with Crippen LogP contribution in [0.3, 0.4) is 0 Å². The molecule has 1 aromatic heterocycles. The Morgan fingerprint density at radius 1 is 1.22 bits per heavy atom. The summed E-state index contributed by atoms with van der Waals surface area (Å²) >= 11 is 1.36. The number of esters is 1. The van der Waals surface area contributed by atoms with Crippen molar-refractivity contribution >= 4 is 28.1 Å². The summed E-state index contributed by atoms with van der Waals surface area (Å²) in [4.78, 5) is 16.0. The van der Waals surface area contributed by atoms with Crippen LogP contribution in [0.25, 0.3) is 11.3 Å². The summed E-state index contributed by atoms with van der Waals surface area (Å²) in [6.07, 6.45) is 0. The molecular formula is C17H13FN2O2S. The molecule has 6 heteroatoms. The zero-order valence-corrected chi connectivity index (χ0v) is 13.1. The smallest absolute Gasteiger partial charge is 0.337 e. The molecular weight excluding hydrogens is 315 g/mol. The first-order valence-electron chi connectivity index (χ1n) is 6.83. The summed E-state index contributed by atoms with van der Waals surface area (Å²) in [7, 11) is 1.34. The van der Waals surface area contributed by atoms with Gasteiger partial charge in [-0.3, -0.25) is 0 Å². The zero-order valence-electron chi connectivity index (χ0n) is 12.2. The lowest BCUT2D eigenvalue weighted by molar-refractivity contribution is 0.0601. The Morgan fingerprint density at radius 3 is 2.83 bits per heavy atom. The van der Waals surface area contributed by atoms with Crippen LogP contribution in [0.1, 0.15) is 10.4 Å². The standard InChI is InChI=1S/C17H13FN2O2S/c1-22-16(21)12-6-4-5-11(9-12)15-10-23-17(20-15)19-14-8-3-2-7-13(14)18/h2-10H,1H3,(H,19,20). The lowest BCUT2D eigenvalue weighted by atomic mass is 10.1. The highest BCUT2D eigenvalue weighted by molar-refractivity contribution is 7.14. The number of methoxy groups -OCH3 is 1. The van der Waals surface area contributed by atoms with Crippen LogP contribution in [0.15, 0.2) is 53.9 Å². The van der Waals surface area contributed by atoms with Crippen molar-refractivity contribution in [3.05, 3.63) is 65.3 Å². The highest BCUT2D eigenvalue weighted by Gasteiger charge is 2.10. The number of rotatable bonds is 4. The molecule has 1 N–H and O–H groups in total. The number of carbonyl (C=O) groups excluding carboxylic acids is 1. The first kappa shape index (κ1) is 15.2. The molecule has 0 aliphatic heterocycles. The van der Waals surface area contributed by atoms with Crippen molar-refractivity contribution in [3.63, 3.8) is 0 Å². The fraction of sp³-hybridized carbons (Fsp3) is 0.0588. The number of nitrogens with one attached hydrogen (secondary N) is 1. The molecule has 2 aromatic carbocycles. The number of benzene rings is 2. The molecule has 4 nitrogen and oxygen atoms in total. The summed E-state index contributed by atoms with van der Waals surface area (Å²) in [5.41, 5.74) is 2.34. The van der Waals surface area contributed by atoms with Gasteiger partial charge >= 0.3 is 5.97 Å². The quantitative estimate of drug-likeness (QED) is 0.718. The second-order valence-corrected chi connectivity index (χ2v) is 5.57. The van der Waals surface area contributed by atoms with Gasteiger partial charge in [-0.05, 0) is 24.3 Å². The maximum Gasteiger partial charge on any atom is 0.337 e. The number of hydrogen-bond donors (Lipinski definition) is 1. The second-order valence-electron chi connectivity index (χ2n) is 4.72. The predicted octanol–water partition coefficient (Wildman–Crippen LogP) is 4.48. The van der Waals surface area contributed by atoms with Crippen LogP contribution >= 0.6 is 11.3 Å². The van der Waals surface area contributed by atoms with Crippen molar-refractivity contribution in [2.75, 3.05) is 12.4 Å². The molecule has 23 heavy (non-hydrogen) atoms. The summed E-state index contributed by atoms with van der Waals surface area (Å²) in [5.74, 6) is -0.733. The number of para-hydroxylation sites is 1. The molecule has 0 unspecified atom stereocenters. The molecule has 0 bridgehead atoms. The van der Waals surface area contributed by atoms with Crippen molar-refractivity contribution in [3.8, 4) is 11.3 Å². The fourth-order valence-corrected chi connectivity index (χ4v) is 2.80. The van der Waals surface area contributed by atoms with Gasteiger partial charge in [-0.25, -0.2) is 14.2 Å². The number of halogens is 1. The first-order chi connectivity index (χ1) is 11.2. The van der Waals surface area contributed by atoms with Crippen LogP contribution in [-0.4, -0.2) is 18.1 Å². The van der Waals surface area contributed by atoms with E-state index in [0.717, 1.165) is 5.56 Å². The number of ether oxygens (including phenoxy) is 1. The molecule has 0 saturated heterocycles. The van der Waals surface area contributed by atoms with E-state index in [4.69, 9.17) is 4.74 Å². The predicted molar refractivity (Wildman–Crippen MR) is 88.6 cm³/mol. The van der Waals surface area contributed by atoms with Gasteiger partial charge in [0, 0.05) is 10.9 Å². The largest absolute Gasteiger partial charge is 0.465 e. The number of hydrogen-bond acceptors (Lipinski definition) is 5. The minimum absolute atomic E-state index is 0.336. The Balaban J connectivity index is 1.85. The van der Waals surface area contributed by atoms with Gasteiger partial charge in [0.2, 0.25) is 0 Å². The summed E-state index contributed by atoms with van der Waals surface area (Å²) < 4.78 is 18.4. The van der Waals surface area contributed by atoms with E-state index in [0.29, 0.717) is 22.1 Å². The number of nitrogens with zero attached hydrogens (tertiary/aromatic N) is 1. The van der Waals surface area contributed by atoms with E-state index in [2.05, 4.69) is 10.3 Å². The average molecular weight is 328 g/mol. The molecule has 0 spiro atoms. The lowest BCUT2D eigenvalue weighted by Gasteiger charge is -2.03. The van der Waals surface area contributed by atoms with Gasteiger partial charge in [-0.15, -0.1) is 11.3 Å². The van der Waals surface area contributed by atoms with Crippen LogP contribution in [0.2, 0.25) is 0 Å². The molecule has 3 aromatic rings. The molecule has 0 atom stereocenters. The van der Waals surface area contributed by atoms with Crippen LogP contribution in [0, 0.1) is 5.82 Å². The first-order valence-corrected chi connectivity index (χ1v) is 7.71. The summed E-state index contributed by atoms with van der Waals surface area (Å²) in [5, 5.41) is 5.38. The van der Waals surface area contributed by atoms with Crippen LogP contribution < -0.4 is 5.32 Å². The van der Waals surface area contributed by atoms with E-state index in [9.17, 15) is 9.18 Å². The van der Waals surface area contributed by atoms with Gasteiger partial charge in [0.15, 0.2) is 5.13 Å². The van der Waals surface area contributed by atoms with Gasteiger partial charge in [-0.1, -0.05) is 24.3 Å². The molecule has 0 aliphatic rings.